The SMILES string of the molecule is CN1CCCC(NC(=O)COc2ccc(C3CCC(N(C)C(=O)c4ccc(Cl)cc4)CC3)cc2)C1. The van der Waals surface area contributed by atoms with E-state index >= 15 is 0 Å². The monoisotopic (exact) mass is 497 g/mol. The summed E-state index contributed by atoms with van der Waals surface area (Å²) in [6, 6.07) is 15.7. The van der Waals surface area contributed by atoms with Crippen LogP contribution in [0, 0.1) is 0 Å². The Bertz CT molecular complexity index is 988. The summed E-state index contributed by atoms with van der Waals surface area (Å²) in [4.78, 5) is 29.2. The first kappa shape index (κ1) is 25.5. The molecule has 1 unspecified atom stereocenters. The molecule has 0 aromatic heterocycles. The summed E-state index contributed by atoms with van der Waals surface area (Å²) >= 11 is 5.95. The highest BCUT2D eigenvalue weighted by Crippen LogP contribution is 2.35. The van der Waals surface area contributed by atoms with E-state index < -0.39 is 0 Å². The summed E-state index contributed by atoms with van der Waals surface area (Å²) in [6.45, 7) is 2.03. The molecule has 188 valence electrons. The molecule has 1 aliphatic carbocycles. The molecule has 0 spiro atoms. The molecule has 35 heavy (non-hydrogen) atoms. The number of piperidine rings is 1. The summed E-state index contributed by atoms with van der Waals surface area (Å²) in [5.74, 6) is 1.17. The molecule has 1 saturated heterocycles. The second-order valence-corrected chi connectivity index (χ2v) is 10.4. The molecule has 1 saturated carbocycles. The Morgan fingerprint density at radius 2 is 1.71 bits per heavy atom. The van der Waals surface area contributed by atoms with E-state index in [4.69, 9.17) is 16.3 Å². The van der Waals surface area contributed by atoms with Crippen molar-refractivity contribution in [2.24, 2.45) is 0 Å². The number of likely N-dealkylation sites (tertiary alicyclic amines) is 1. The van der Waals surface area contributed by atoms with Crippen molar-refractivity contribution in [3.63, 3.8) is 0 Å². The van der Waals surface area contributed by atoms with Crippen LogP contribution in [0.5, 0.6) is 5.75 Å². The van der Waals surface area contributed by atoms with Crippen LogP contribution in [0.15, 0.2) is 48.5 Å². The largest absolute Gasteiger partial charge is 0.484 e. The van der Waals surface area contributed by atoms with Crippen LogP contribution in [-0.2, 0) is 4.79 Å². The number of nitrogens with one attached hydrogen (secondary N) is 1. The fraction of sp³-hybridized carbons (Fsp3) is 0.500. The van der Waals surface area contributed by atoms with Crippen LogP contribution in [0.2, 0.25) is 5.02 Å². The van der Waals surface area contributed by atoms with Gasteiger partial charge in [-0.15, -0.1) is 0 Å². The van der Waals surface area contributed by atoms with Crippen LogP contribution in [0.25, 0.3) is 0 Å². The summed E-state index contributed by atoms with van der Waals surface area (Å²) in [7, 11) is 3.98. The van der Waals surface area contributed by atoms with Gasteiger partial charge in [0.1, 0.15) is 5.75 Å². The number of ether oxygens (including phenoxy) is 1. The molecule has 2 fully saturated rings. The van der Waals surface area contributed by atoms with Gasteiger partial charge in [-0.05, 0) is 100.0 Å². The first-order valence-corrected chi connectivity index (χ1v) is 13.0. The van der Waals surface area contributed by atoms with Crippen molar-refractivity contribution < 1.29 is 14.3 Å². The lowest BCUT2D eigenvalue weighted by atomic mass is 9.81. The van der Waals surface area contributed by atoms with Gasteiger partial charge >= 0.3 is 0 Å². The molecule has 1 aliphatic heterocycles. The molecule has 1 heterocycles. The zero-order chi connectivity index (χ0) is 24.8. The Labute approximate surface area is 213 Å². The molecule has 2 aliphatic rings. The van der Waals surface area contributed by atoms with Crippen molar-refractivity contribution in [1.29, 1.82) is 0 Å². The normalized spacial score (nSPS) is 22.9. The molecule has 0 bridgehead atoms. The molecular formula is C28H36ClN3O3. The molecule has 1 atom stereocenters. The molecule has 1 N–H and O–H groups in total. The van der Waals surface area contributed by atoms with E-state index in [2.05, 4.69) is 29.4 Å². The Morgan fingerprint density at radius 3 is 2.37 bits per heavy atom. The van der Waals surface area contributed by atoms with Crippen molar-refractivity contribution in [2.45, 2.75) is 56.5 Å². The summed E-state index contributed by atoms with van der Waals surface area (Å²) < 4.78 is 5.72. The smallest absolute Gasteiger partial charge is 0.258 e. The van der Waals surface area contributed by atoms with E-state index in [-0.39, 0.29) is 30.5 Å². The quantitative estimate of drug-likeness (QED) is 0.601. The van der Waals surface area contributed by atoms with Crippen LogP contribution in [-0.4, -0.2) is 67.5 Å². The van der Waals surface area contributed by atoms with Crippen LogP contribution < -0.4 is 10.1 Å². The van der Waals surface area contributed by atoms with Gasteiger partial charge in [0.25, 0.3) is 11.8 Å². The van der Waals surface area contributed by atoms with Crippen molar-refractivity contribution >= 4 is 23.4 Å². The van der Waals surface area contributed by atoms with Crippen LogP contribution in [0.4, 0.5) is 0 Å². The topological polar surface area (TPSA) is 61.9 Å². The number of hydrogen-bond donors (Lipinski definition) is 1. The van der Waals surface area contributed by atoms with E-state index in [0.29, 0.717) is 22.3 Å². The Hall–Kier alpha value is -2.57. The lowest BCUT2D eigenvalue weighted by Gasteiger charge is -2.35. The number of carbonyl (C=O) groups excluding carboxylic acids is 2. The minimum atomic E-state index is -0.0648. The summed E-state index contributed by atoms with van der Waals surface area (Å²) in [5.41, 5.74) is 1.96. The molecule has 4 rings (SSSR count). The van der Waals surface area contributed by atoms with E-state index in [1.807, 2.05) is 24.1 Å². The van der Waals surface area contributed by atoms with E-state index in [1.165, 1.54) is 5.56 Å². The summed E-state index contributed by atoms with van der Waals surface area (Å²) in [6.07, 6.45) is 6.19. The summed E-state index contributed by atoms with van der Waals surface area (Å²) in [5, 5.41) is 3.71. The fourth-order valence-corrected chi connectivity index (χ4v) is 5.42. The number of halogens is 1. The van der Waals surface area contributed by atoms with Gasteiger partial charge in [0, 0.05) is 36.3 Å². The number of nitrogens with zero attached hydrogens (tertiary/aromatic N) is 2. The van der Waals surface area contributed by atoms with Gasteiger partial charge in [0.2, 0.25) is 0 Å². The minimum Gasteiger partial charge on any atom is -0.484 e. The van der Waals surface area contributed by atoms with E-state index in [9.17, 15) is 9.59 Å². The number of amides is 2. The van der Waals surface area contributed by atoms with E-state index in [0.717, 1.165) is 51.6 Å². The Balaban J connectivity index is 1.22. The maximum absolute atomic E-state index is 12.8. The lowest BCUT2D eigenvalue weighted by Crippen LogP contribution is -2.47. The first-order valence-electron chi connectivity index (χ1n) is 12.6. The molecular weight excluding hydrogens is 462 g/mol. The number of rotatable bonds is 7. The van der Waals surface area contributed by atoms with Crippen LogP contribution in [0.3, 0.4) is 0 Å². The van der Waals surface area contributed by atoms with Crippen LogP contribution in [0.1, 0.15) is 60.4 Å². The average molecular weight is 498 g/mol. The highest BCUT2D eigenvalue weighted by atomic mass is 35.5. The maximum Gasteiger partial charge on any atom is 0.258 e. The zero-order valence-electron chi connectivity index (χ0n) is 20.7. The van der Waals surface area contributed by atoms with Crippen LogP contribution >= 0.6 is 11.6 Å². The first-order chi connectivity index (χ1) is 16.9. The maximum atomic E-state index is 12.8. The van der Waals surface area contributed by atoms with Gasteiger partial charge in [-0.3, -0.25) is 9.59 Å². The van der Waals surface area contributed by atoms with Crippen molar-refractivity contribution in [1.82, 2.24) is 15.1 Å². The average Bonchev–Trinajstić information content (AvgIpc) is 2.87. The molecule has 6 nitrogen and oxygen atoms in total. The fourth-order valence-electron chi connectivity index (χ4n) is 5.30. The second kappa shape index (κ2) is 11.9. The standard InChI is InChI=1S/C28H36ClN3O3/c1-31-17-3-4-24(18-31)30-27(33)19-35-26-15-9-21(10-16-26)20-7-13-25(14-8-20)32(2)28(34)22-5-11-23(29)12-6-22/h5-6,9-12,15-16,20,24-25H,3-4,7-8,13-14,17-19H2,1-2H3,(H,30,33). The van der Waals surface area contributed by atoms with Gasteiger partial charge in [0.05, 0.1) is 0 Å². The third-order valence-electron chi connectivity index (χ3n) is 7.37. The van der Waals surface area contributed by atoms with Crippen molar-refractivity contribution in [3.8, 4) is 5.75 Å². The molecule has 7 heteroatoms. The lowest BCUT2D eigenvalue weighted by molar-refractivity contribution is -0.124. The van der Waals surface area contributed by atoms with Gasteiger partial charge in [-0.2, -0.15) is 0 Å². The third-order valence-corrected chi connectivity index (χ3v) is 7.62. The number of hydrogen-bond acceptors (Lipinski definition) is 4. The van der Waals surface area contributed by atoms with Gasteiger partial charge < -0.3 is 19.9 Å². The predicted molar refractivity (Wildman–Crippen MR) is 139 cm³/mol. The molecule has 2 aromatic rings. The highest BCUT2D eigenvalue weighted by molar-refractivity contribution is 6.30. The van der Waals surface area contributed by atoms with Gasteiger partial charge in [-0.25, -0.2) is 0 Å². The van der Waals surface area contributed by atoms with Gasteiger partial charge in [0.15, 0.2) is 6.61 Å². The molecule has 0 radical (unpaired) electrons. The van der Waals surface area contributed by atoms with E-state index in [1.54, 1.807) is 24.3 Å². The number of likely N-dealkylation sites (N-methyl/N-ethyl adjacent to an activating group) is 1. The second-order valence-electron chi connectivity index (χ2n) is 9.96. The van der Waals surface area contributed by atoms with Gasteiger partial charge in [-0.1, -0.05) is 23.7 Å². The minimum absolute atomic E-state index is 0.0403. The van der Waals surface area contributed by atoms with Crippen molar-refractivity contribution in [2.75, 3.05) is 33.8 Å². The molecule has 2 aromatic carbocycles. The zero-order valence-corrected chi connectivity index (χ0v) is 21.5. The molecule has 2 amide bonds. The highest BCUT2D eigenvalue weighted by Gasteiger charge is 2.28. The Kier molecular flexibility index (Phi) is 8.69. The van der Waals surface area contributed by atoms with Crippen molar-refractivity contribution in [3.05, 3.63) is 64.7 Å². The number of benzene rings is 2. The Morgan fingerprint density at radius 1 is 1.03 bits per heavy atom. The number of carbonyl (C=O) groups is 2. The third kappa shape index (κ3) is 6.98. The predicted octanol–water partition coefficient (Wildman–Crippen LogP) is 4.73.